The Morgan fingerprint density at radius 3 is 2.53 bits per heavy atom. The van der Waals surface area contributed by atoms with Crippen molar-refractivity contribution in [1.29, 1.82) is 5.26 Å². The topological polar surface area (TPSA) is 139 Å². The fourth-order valence-electron chi connectivity index (χ4n) is 2.66. The van der Waals surface area contributed by atoms with E-state index in [1.165, 1.54) is 23.6 Å². The lowest BCUT2D eigenvalue weighted by atomic mass is 10.0. The molecule has 1 atom stereocenters. The first-order valence-electron chi connectivity index (χ1n) is 9.26. The van der Waals surface area contributed by atoms with Crippen LogP contribution < -0.4 is 14.2 Å². The molecule has 0 fully saturated rings. The summed E-state index contributed by atoms with van der Waals surface area (Å²) in [5, 5.41) is 22.7. The molecule has 2 aromatic carbocycles. The van der Waals surface area contributed by atoms with Crippen molar-refractivity contribution >= 4 is 32.5 Å². The van der Waals surface area contributed by atoms with Crippen molar-refractivity contribution in [1.82, 2.24) is 4.98 Å². The molecule has 166 valence electrons. The summed E-state index contributed by atoms with van der Waals surface area (Å²) >= 11 is 1.13. The van der Waals surface area contributed by atoms with Gasteiger partial charge in [-0.25, -0.2) is 4.98 Å². The van der Waals surface area contributed by atoms with Crippen LogP contribution in [0.25, 0.3) is 11.1 Å². The molecule has 3 aromatic rings. The fraction of sp³-hybridized carbons (Fsp3) is 0.190. The Morgan fingerprint density at radius 2 is 1.94 bits per heavy atom. The number of rotatable bonds is 8. The standard InChI is InChI=1S/C21H19N3O6S2/c1-13(11-25)29-19-8-15(14-3-5-18(6-4-14)30-32(2,27)28)7-16(9-19)20(26)24-21-23-17(10-22)12-31-21/h3-9,12-13,25H,11H2,1-2H3,(H,23,24,26). The molecular formula is C21H19N3O6S2. The highest BCUT2D eigenvalue weighted by molar-refractivity contribution is 7.86. The second-order valence-electron chi connectivity index (χ2n) is 6.77. The first-order chi connectivity index (χ1) is 15.2. The third-order valence-corrected chi connectivity index (χ3v) is 5.29. The number of nitriles is 1. The number of aromatic nitrogens is 1. The highest BCUT2D eigenvalue weighted by Crippen LogP contribution is 2.29. The predicted octanol–water partition coefficient (Wildman–Crippen LogP) is 3.03. The maximum atomic E-state index is 12.8. The first-order valence-corrected chi connectivity index (χ1v) is 12.0. The molecule has 1 unspecified atom stereocenters. The lowest BCUT2D eigenvalue weighted by molar-refractivity contribution is 0.102. The molecule has 0 saturated heterocycles. The van der Waals surface area contributed by atoms with E-state index in [2.05, 4.69) is 10.3 Å². The summed E-state index contributed by atoms with van der Waals surface area (Å²) in [6, 6.07) is 13.1. The van der Waals surface area contributed by atoms with Gasteiger partial charge in [-0.1, -0.05) is 12.1 Å². The van der Waals surface area contributed by atoms with E-state index in [1.54, 1.807) is 31.2 Å². The second kappa shape index (κ2) is 9.78. The Kier molecular flexibility index (Phi) is 7.09. The molecule has 0 aliphatic heterocycles. The molecule has 0 aliphatic carbocycles. The normalized spacial score (nSPS) is 11.9. The van der Waals surface area contributed by atoms with Gasteiger partial charge in [0.2, 0.25) is 0 Å². The molecule has 0 radical (unpaired) electrons. The van der Waals surface area contributed by atoms with Crippen LogP contribution in [0.5, 0.6) is 11.5 Å². The number of aliphatic hydroxyl groups is 1. The summed E-state index contributed by atoms with van der Waals surface area (Å²) in [6.45, 7) is 1.47. The van der Waals surface area contributed by atoms with E-state index in [0.717, 1.165) is 17.6 Å². The number of carbonyl (C=O) groups excluding carboxylic acids is 1. The smallest absolute Gasteiger partial charge is 0.306 e. The average Bonchev–Trinajstić information content (AvgIpc) is 3.20. The van der Waals surface area contributed by atoms with E-state index in [1.807, 2.05) is 6.07 Å². The monoisotopic (exact) mass is 473 g/mol. The van der Waals surface area contributed by atoms with Crippen molar-refractivity contribution in [3.63, 3.8) is 0 Å². The van der Waals surface area contributed by atoms with Crippen molar-refractivity contribution in [3.05, 3.63) is 59.1 Å². The van der Waals surface area contributed by atoms with E-state index in [4.69, 9.17) is 14.2 Å². The van der Waals surface area contributed by atoms with E-state index < -0.39 is 22.1 Å². The Labute approximate surface area is 189 Å². The number of ether oxygens (including phenoxy) is 1. The number of nitrogens with zero attached hydrogens (tertiary/aromatic N) is 2. The Bertz CT molecular complexity index is 1260. The molecule has 2 N–H and O–H groups in total. The lowest BCUT2D eigenvalue weighted by Crippen LogP contribution is -2.17. The van der Waals surface area contributed by atoms with Crippen LogP contribution >= 0.6 is 11.3 Å². The van der Waals surface area contributed by atoms with E-state index in [-0.39, 0.29) is 28.7 Å². The molecule has 0 aliphatic rings. The maximum absolute atomic E-state index is 12.8. The van der Waals surface area contributed by atoms with Gasteiger partial charge in [0.1, 0.15) is 23.7 Å². The van der Waals surface area contributed by atoms with Crippen LogP contribution in [0.4, 0.5) is 5.13 Å². The Hall–Kier alpha value is -3.46. The predicted molar refractivity (Wildman–Crippen MR) is 119 cm³/mol. The van der Waals surface area contributed by atoms with Crippen LogP contribution in [0.2, 0.25) is 0 Å². The second-order valence-corrected chi connectivity index (χ2v) is 9.21. The maximum Gasteiger partial charge on any atom is 0.306 e. The third kappa shape index (κ3) is 6.27. The average molecular weight is 474 g/mol. The van der Waals surface area contributed by atoms with Crippen LogP contribution in [0.3, 0.4) is 0 Å². The molecule has 32 heavy (non-hydrogen) atoms. The minimum absolute atomic E-state index is 0.160. The highest BCUT2D eigenvalue weighted by Gasteiger charge is 2.15. The van der Waals surface area contributed by atoms with Crippen molar-refractivity contribution in [3.8, 4) is 28.7 Å². The number of thiazole rings is 1. The van der Waals surface area contributed by atoms with Crippen LogP contribution in [0.15, 0.2) is 47.8 Å². The quantitative estimate of drug-likeness (QED) is 0.476. The summed E-state index contributed by atoms with van der Waals surface area (Å²) in [5.74, 6) is 0.0688. The Balaban J connectivity index is 1.93. The van der Waals surface area contributed by atoms with Gasteiger partial charge in [0.25, 0.3) is 5.91 Å². The van der Waals surface area contributed by atoms with Crippen LogP contribution in [-0.4, -0.2) is 43.4 Å². The summed E-state index contributed by atoms with van der Waals surface area (Å²) in [5.41, 5.74) is 1.78. The zero-order valence-corrected chi connectivity index (χ0v) is 18.7. The van der Waals surface area contributed by atoms with Gasteiger partial charge < -0.3 is 14.0 Å². The van der Waals surface area contributed by atoms with Gasteiger partial charge in [0.15, 0.2) is 10.8 Å². The number of nitrogens with one attached hydrogen (secondary N) is 1. The largest absolute Gasteiger partial charge is 0.488 e. The Morgan fingerprint density at radius 1 is 1.22 bits per heavy atom. The minimum Gasteiger partial charge on any atom is -0.488 e. The molecule has 3 rings (SSSR count). The van der Waals surface area contributed by atoms with E-state index in [9.17, 15) is 18.3 Å². The lowest BCUT2D eigenvalue weighted by Gasteiger charge is -2.15. The molecule has 11 heteroatoms. The molecule has 0 bridgehead atoms. The van der Waals surface area contributed by atoms with Crippen molar-refractivity contribution in [2.45, 2.75) is 13.0 Å². The van der Waals surface area contributed by atoms with Gasteiger partial charge in [0.05, 0.1) is 12.9 Å². The number of aliphatic hydroxyl groups excluding tert-OH is 1. The summed E-state index contributed by atoms with van der Waals surface area (Å²) < 4.78 is 33.1. The number of carbonyl (C=O) groups is 1. The molecule has 0 spiro atoms. The summed E-state index contributed by atoms with van der Waals surface area (Å²) in [4.78, 5) is 16.8. The van der Waals surface area contributed by atoms with E-state index >= 15 is 0 Å². The van der Waals surface area contributed by atoms with Gasteiger partial charge in [-0.15, -0.1) is 11.3 Å². The van der Waals surface area contributed by atoms with Crippen LogP contribution in [0.1, 0.15) is 23.0 Å². The third-order valence-electron chi connectivity index (χ3n) is 4.04. The van der Waals surface area contributed by atoms with Gasteiger partial charge >= 0.3 is 10.1 Å². The van der Waals surface area contributed by atoms with E-state index in [0.29, 0.717) is 16.9 Å². The summed E-state index contributed by atoms with van der Waals surface area (Å²) in [6.07, 6.45) is 0.459. The number of hydrogen-bond donors (Lipinski definition) is 2. The molecule has 0 saturated carbocycles. The zero-order valence-electron chi connectivity index (χ0n) is 17.1. The van der Waals surface area contributed by atoms with Gasteiger partial charge in [-0.3, -0.25) is 10.1 Å². The molecule has 1 amide bonds. The highest BCUT2D eigenvalue weighted by atomic mass is 32.2. The molecule has 1 heterocycles. The van der Waals surface area contributed by atoms with Gasteiger partial charge in [0, 0.05) is 10.9 Å². The summed E-state index contributed by atoms with van der Waals surface area (Å²) in [7, 11) is -3.65. The minimum atomic E-state index is -3.65. The number of anilines is 1. The fourth-order valence-corrected chi connectivity index (χ4v) is 3.76. The van der Waals surface area contributed by atoms with Crippen molar-refractivity contribution in [2.24, 2.45) is 0 Å². The molecule has 9 nitrogen and oxygen atoms in total. The SMILES string of the molecule is CC(CO)Oc1cc(C(=O)Nc2nc(C#N)cs2)cc(-c2ccc(OS(C)(=O)=O)cc2)c1. The zero-order chi connectivity index (χ0) is 23.3. The van der Waals surface area contributed by atoms with Gasteiger partial charge in [-0.2, -0.15) is 13.7 Å². The number of benzene rings is 2. The van der Waals surface area contributed by atoms with Gasteiger partial charge in [-0.05, 0) is 48.4 Å². The molecular weight excluding hydrogens is 454 g/mol. The van der Waals surface area contributed by atoms with Crippen molar-refractivity contribution in [2.75, 3.05) is 18.2 Å². The van der Waals surface area contributed by atoms with Crippen molar-refractivity contribution < 1.29 is 27.2 Å². The number of amides is 1. The van der Waals surface area contributed by atoms with Crippen LogP contribution in [-0.2, 0) is 10.1 Å². The molecule has 1 aromatic heterocycles. The number of hydrogen-bond acceptors (Lipinski definition) is 9. The van der Waals surface area contributed by atoms with Crippen LogP contribution in [0, 0.1) is 11.3 Å². The first kappa shape index (κ1) is 23.2.